The molecule has 0 atom stereocenters. The Morgan fingerprint density at radius 3 is 3.11 bits per heavy atom. The van der Waals surface area contributed by atoms with E-state index in [0.29, 0.717) is 9.52 Å². The molecular formula is C7H7NSi. The van der Waals surface area contributed by atoms with Crippen LogP contribution in [0.4, 0.5) is 0 Å². The summed E-state index contributed by atoms with van der Waals surface area (Å²) in [5.74, 6) is 0. The molecule has 0 aliphatic carbocycles. The van der Waals surface area contributed by atoms with Crippen LogP contribution in [-0.2, 0) is 0 Å². The highest BCUT2D eigenvalue weighted by Crippen LogP contribution is 1.74. The Labute approximate surface area is 57.3 Å². The van der Waals surface area contributed by atoms with Crippen molar-refractivity contribution in [2.75, 3.05) is 0 Å². The number of hydrogen-bond donors (Lipinski definition) is 0. The van der Waals surface area contributed by atoms with Crippen LogP contribution in [0.25, 0.3) is 0 Å². The first-order valence-corrected chi connectivity index (χ1v) is 3.78. The Bertz CT molecular complexity index is 183. The number of nitrogens with zero attached hydrogens (tertiary/aromatic N) is 1. The molecule has 1 nitrogen and oxygen atoms in total. The third-order valence-electron chi connectivity index (χ3n) is 0.930. The highest BCUT2D eigenvalue weighted by Gasteiger charge is 1.85. The molecule has 0 saturated heterocycles. The van der Waals surface area contributed by atoms with Crippen molar-refractivity contribution in [1.29, 1.82) is 0 Å². The van der Waals surface area contributed by atoms with Crippen LogP contribution >= 0.6 is 0 Å². The molecule has 0 bridgehead atoms. The van der Waals surface area contributed by atoms with Gasteiger partial charge in [0.2, 0.25) is 0 Å². The Kier molecular flexibility index (Phi) is 2.21. The largest absolute Gasteiger partial charge is 0.265 e. The molecule has 0 unspecified atom stereocenters. The molecule has 1 rings (SSSR count). The van der Waals surface area contributed by atoms with E-state index in [0.717, 1.165) is 0 Å². The third kappa shape index (κ3) is 1.81. The number of aromatic nitrogens is 1. The topological polar surface area (TPSA) is 12.9 Å². The highest BCUT2D eigenvalue weighted by atomic mass is 28.2. The van der Waals surface area contributed by atoms with Crippen LogP contribution in [0, 0.1) is 0 Å². The first-order valence-electron chi connectivity index (χ1n) is 2.71. The van der Waals surface area contributed by atoms with Crippen LogP contribution in [0.2, 0.25) is 0 Å². The lowest BCUT2D eigenvalue weighted by Crippen LogP contribution is -2.10. The van der Waals surface area contributed by atoms with Gasteiger partial charge in [0.1, 0.15) is 9.52 Å². The molecule has 9 heavy (non-hydrogen) atoms. The molecule has 2 radical (unpaired) electrons. The van der Waals surface area contributed by atoms with E-state index in [9.17, 15) is 0 Å². The Morgan fingerprint density at radius 2 is 2.56 bits per heavy atom. The smallest absolute Gasteiger partial charge is 0.113 e. The van der Waals surface area contributed by atoms with E-state index in [1.807, 2.05) is 24.0 Å². The maximum absolute atomic E-state index is 3.96. The van der Waals surface area contributed by atoms with Gasteiger partial charge in [0.05, 0.1) is 0 Å². The van der Waals surface area contributed by atoms with Gasteiger partial charge >= 0.3 is 0 Å². The fourth-order valence-electron chi connectivity index (χ4n) is 0.566. The fourth-order valence-corrected chi connectivity index (χ4v) is 1.14. The van der Waals surface area contributed by atoms with E-state index in [-0.39, 0.29) is 0 Å². The molecular weight excluding hydrogens is 126 g/mol. The first kappa shape index (κ1) is 6.23. The van der Waals surface area contributed by atoms with Gasteiger partial charge in [0.25, 0.3) is 0 Å². The molecule has 0 N–H and O–H groups in total. The summed E-state index contributed by atoms with van der Waals surface area (Å²) in [7, 11) is 0.689. The second-order valence-electron chi connectivity index (χ2n) is 1.59. The lowest BCUT2D eigenvalue weighted by Gasteiger charge is -1.88. The third-order valence-corrected chi connectivity index (χ3v) is 1.76. The summed E-state index contributed by atoms with van der Waals surface area (Å²) >= 11 is 0. The SMILES string of the molecule is C=C[Si]c1cccnc1. The average Bonchev–Trinajstić information content (AvgIpc) is 1.91. The van der Waals surface area contributed by atoms with Crippen LogP contribution in [0.5, 0.6) is 0 Å². The molecule has 1 heterocycles. The molecule has 0 fully saturated rings. The maximum Gasteiger partial charge on any atom is 0.113 e. The second-order valence-corrected chi connectivity index (χ2v) is 2.86. The van der Waals surface area contributed by atoms with Gasteiger partial charge in [-0.1, -0.05) is 6.07 Å². The van der Waals surface area contributed by atoms with Crippen molar-refractivity contribution in [3.8, 4) is 0 Å². The number of pyridine rings is 1. The van der Waals surface area contributed by atoms with Gasteiger partial charge in [-0.15, -0.1) is 12.3 Å². The Balaban J connectivity index is 2.72. The van der Waals surface area contributed by atoms with E-state index in [2.05, 4.69) is 11.6 Å². The van der Waals surface area contributed by atoms with E-state index in [4.69, 9.17) is 0 Å². The molecule has 44 valence electrons. The lowest BCUT2D eigenvalue weighted by atomic mass is 10.5. The summed E-state index contributed by atoms with van der Waals surface area (Å²) in [5.41, 5.74) is 1.90. The van der Waals surface area contributed by atoms with Gasteiger partial charge in [-0.05, 0) is 11.3 Å². The molecule has 0 spiro atoms. The van der Waals surface area contributed by atoms with Crippen LogP contribution in [-0.4, -0.2) is 14.5 Å². The van der Waals surface area contributed by atoms with Crippen molar-refractivity contribution in [2.24, 2.45) is 0 Å². The zero-order chi connectivity index (χ0) is 6.53. The fraction of sp³-hybridized carbons (Fsp3) is 0. The summed E-state index contributed by atoms with van der Waals surface area (Å²) in [5, 5.41) is 1.24. The van der Waals surface area contributed by atoms with E-state index < -0.39 is 0 Å². The van der Waals surface area contributed by atoms with Crippen molar-refractivity contribution in [1.82, 2.24) is 4.98 Å². The molecule has 0 aliphatic rings. The minimum absolute atomic E-state index is 0.689. The van der Waals surface area contributed by atoms with Gasteiger partial charge in [-0.25, -0.2) is 0 Å². The van der Waals surface area contributed by atoms with E-state index in [1.54, 1.807) is 6.20 Å². The molecule has 0 aromatic carbocycles. The predicted octanol–water partition coefficient (Wildman–Crippen LogP) is 0.555. The molecule has 0 saturated carbocycles. The van der Waals surface area contributed by atoms with Crippen molar-refractivity contribution in [3.63, 3.8) is 0 Å². The standard InChI is InChI=1S/C7H7NSi/c1-2-9-7-4-3-5-8-6-7/h2-6H,1H2. The zero-order valence-electron chi connectivity index (χ0n) is 5.04. The summed E-state index contributed by atoms with van der Waals surface area (Å²) in [6.07, 6.45) is 3.64. The van der Waals surface area contributed by atoms with Crippen LogP contribution < -0.4 is 5.19 Å². The molecule has 0 amide bonds. The molecule has 1 aromatic heterocycles. The van der Waals surface area contributed by atoms with E-state index in [1.165, 1.54) is 5.19 Å². The summed E-state index contributed by atoms with van der Waals surface area (Å²) in [6.45, 7) is 3.64. The van der Waals surface area contributed by atoms with Gasteiger partial charge in [-0.2, -0.15) is 0 Å². The van der Waals surface area contributed by atoms with Gasteiger partial charge in [0, 0.05) is 12.4 Å². The van der Waals surface area contributed by atoms with Crippen LogP contribution in [0.3, 0.4) is 0 Å². The minimum Gasteiger partial charge on any atom is -0.265 e. The quantitative estimate of drug-likeness (QED) is 0.537. The van der Waals surface area contributed by atoms with Crippen molar-refractivity contribution < 1.29 is 0 Å². The summed E-state index contributed by atoms with van der Waals surface area (Å²) in [4.78, 5) is 3.96. The Hall–Kier alpha value is -0.893. The zero-order valence-corrected chi connectivity index (χ0v) is 6.04. The molecule has 0 aliphatic heterocycles. The second kappa shape index (κ2) is 3.20. The minimum atomic E-state index is 0.689. The van der Waals surface area contributed by atoms with Crippen molar-refractivity contribution in [3.05, 3.63) is 36.8 Å². The van der Waals surface area contributed by atoms with Crippen LogP contribution in [0.1, 0.15) is 0 Å². The Morgan fingerprint density at radius 1 is 1.67 bits per heavy atom. The number of hydrogen-bond acceptors (Lipinski definition) is 1. The number of rotatable bonds is 2. The van der Waals surface area contributed by atoms with Crippen molar-refractivity contribution >= 4 is 14.7 Å². The summed E-state index contributed by atoms with van der Waals surface area (Å²) in [6, 6.07) is 3.99. The average molecular weight is 133 g/mol. The first-order chi connectivity index (χ1) is 4.43. The maximum atomic E-state index is 3.96. The van der Waals surface area contributed by atoms with Gasteiger partial charge in [-0.3, -0.25) is 4.98 Å². The van der Waals surface area contributed by atoms with Gasteiger partial charge in [0.15, 0.2) is 0 Å². The molecule has 1 aromatic rings. The highest BCUT2D eigenvalue weighted by molar-refractivity contribution is 6.58. The summed E-state index contributed by atoms with van der Waals surface area (Å²) < 4.78 is 0. The van der Waals surface area contributed by atoms with Gasteiger partial charge < -0.3 is 0 Å². The lowest BCUT2D eigenvalue weighted by molar-refractivity contribution is 1.35. The van der Waals surface area contributed by atoms with Crippen molar-refractivity contribution in [2.45, 2.75) is 0 Å². The normalized spacial score (nSPS) is 8.89. The van der Waals surface area contributed by atoms with Crippen LogP contribution in [0.15, 0.2) is 36.8 Å². The monoisotopic (exact) mass is 133 g/mol. The molecule has 2 heteroatoms. The predicted molar refractivity (Wildman–Crippen MR) is 39.8 cm³/mol. The van der Waals surface area contributed by atoms with E-state index >= 15 is 0 Å².